The third-order valence-electron chi connectivity index (χ3n) is 4.16. The van der Waals surface area contributed by atoms with Crippen LogP contribution >= 0.6 is 0 Å². The Balaban J connectivity index is 1.67. The summed E-state index contributed by atoms with van der Waals surface area (Å²) in [7, 11) is 0. The van der Waals surface area contributed by atoms with Crippen molar-refractivity contribution in [3.8, 4) is 5.75 Å². The average molecular weight is 317 g/mol. The van der Waals surface area contributed by atoms with Gasteiger partial charge in [0.2, 0.25) is 0 Å². The lowest BCUT2D eigenvalue weighted by Crippen LogP contribution is -2.56. The quantitative estimate of drug-likeness (QED) is 0.857. The Kier molecular flexibility index (Phi) is 4.29. The first-order valence-electron chi connectivity index (χ1n) is 7.22. The van der Waals surface area contributed by atoms with Gasteiger partial charge in [-0.2, -0.15) is 0 Å². The van der Waals surface area contributed by atoms with Gasteiger partial charge in [-0.15, -0.1) is 13.2 Å². The van der Waals surface area contributed by atoms with Crippen LogP contribution in [-0.4, -0.2) is 49.8 Å². The molecule has 1 aromatic carbocycles. The number of morpholine rings is 1. The van der Waals surface area contributed by atoms with E-state index in [9.17, 15) is 13.2 Å². The highest BCUT2D eigenvalue weighted by Crippen LogP contribution is 2.31. The molecule has 0 aliphatic carbocycles. The smallest absolute Gasteiger partial charge is 0.406 e. The minimum Gasteiger partial charge on any atom is -0.406 e. The fourth-order valence-electron chi connectivity index (χ4n) is 2.99. The molecule has 122 valence electrons. The molecule has 0 saturated carbocycles. The molecule has 2 saturated heterocycles. The summed E-state index contributed by atoms with van der Waals surface area (Å²) >= 11 is 0. The summed E-state index contributed by atoms with van der Waals surface area (Å²) in [6.07, 6.45) is -3.74. The van der Waals surface area contributed by atoms with Gasteiger partial charge in [-0.25, -0.2) is 0 Å². The zero-order valence-electron chi connectivity index (χ0n) is 12.1. The Hall–Kier alpha value is -1.31. The summed E-state index contributed by atoms with van der Waals surface area (Å²) in [5.41, 5.74) is 0.849. The largest absolute Gasteiger partial charge is 0.573 e. The second kappa shape index (κ2) is 6.06. The summed E-state index contributed by atoms with van der Waals surface area (Å²) < 4.78 is 51.5. The highest BCUT2D eigenvalue weighted by Gasteiger charge is 2.42. The predicted molar refractivity (Wildman–Crippen MR) is 72.5 cm³/mol. The SMILES string of the molecule is FC(F)(F)Oc1ccc(CN2CCOCC23CCOC3)cc1. The van der Waals surface area contributed by atoms with Crippen molar-refractivity contribution in [2.75, 3.05) is 33.0 Å². The zero-order valence-corrected chi connectivity index (χ0v) is 12.1. The lowest BCUT2D eigenvalue weighted by atomic mass is 9.95. The van der Waals surface area contributed by atoms with E-state index in [4.69, 9.17) is 9.47 Å². The second-order valence-corrected chi connectivity index (χ2v) is 5.69. The number of halogens is 3. The first kappa shape index (κ1) is 15.6. The Morgan fingerprint density at radius 2 is 1.77 bits per heavy atom. The molecule has 0 amide bonds. The highest BCUT2D eigenvalue weighted by molar-refractivity contribution is 5.27. The van der Waals surface area contributed by atoms with Gasteiger partial charge in [-0.05, 0) is 24.1 Å². The van der Waals surface area contributed by atoms with Crippen LogP contribution in [0.4, 0.5) is 13.2 Å². The van der Waals surface area contributed by atoms with Gasteiger partial charge >= 0.3 is 6.36 Å². The van der Waals surface area contributed by atoms with Crippen LogP contribution in [0.3, 0.4) is 0 Å². The number of ether oxygens (including phenoxy) is 3. The first-order valence-corrected chi connectivity index (χ1v) is 7.22. The van der Waals surface area contributed by atoms with Gasteiger partial charge in [0, 0.05) is 19.7 Å². The Morgan fingerprint density at radius 3 is 2.41 bits per heavy atom. The molecule has 2 heterocycles. The molecule has 0 aromatic heterocycles. The topological polar surface area (TPSA) is 30.9 Å². The van der Waals surface area contributed by atoms with E-state index in [0.29, 0.717) is 26.4 Å². The average Bonchev–Trinajstić information content (AvgIpc) is 2.91. The van der Waals surface area contributed by atoms with Crippen molar-refractivity contribution in [3.63, 3.8) is 0 Å². The van der Waals surface area contributed by atoms with Crippen molar-refractivity contribution in [3.05, 3.63) is 29.8 Å². The number of benzene rings is 1. The van der Waals surface area contributed by atoms with Gasteiger partial charge in [-0.3, -0.25) is 4.90 Å². The van der Waals surface area contributed by atoms with E-state index in [1.165, 1.54) is 12.1 Å². The number of hydrogen-bond acceptors (Lipinski definition) is 4. The minimum absolute atomic E-state index is 0.0978. The molecule has 1 aromatic rings. The highest BCUT2D eigenvalue weighted by atomic mass is 19.4. The van der Waals surface area contributed by atoms with E-state index >= 15 is 0 Å². The molecule has 1 spiro atoms. The molecule has 1 unspecified atom stereocenters. The number of rotatable bonds is 3. The number of nitrogens with zero attached hydrogens (tertiary/aromatic N) is 1. The van der Waals surface area contributed by atoms with Crippen molar-refractivity contribution in [2.45, 2.75) is 24.9 Å². The lowest BCUT2D eigenvalue weighted by molar-refractivity contribution is -0.274. The van der Waals surface area contributed by atoms with Crippen molar-refractivity contribution in [1.82, 2.24) is 4.90 Å². The van der Waals surface area contributed by atoms with Crippen LogP contribution in [0.2, 0.25) is 0 Å². The molecule has 2 fully saturated rings. The van der Waals surface area contributed by atoms with Crippen LogP contribution in [0.15, 0.2) is 24.3 Å². The maximum absolute atomic E-state index is 12.2. The Bertz CT molecular complexity index is 498. The number of alkyl halides is 3. The van der Waals surface area contributed by atoms with E-state index in [1.54, 1.807) is 12.1 Å². The molecule has 22 heavy (non-hydrogen) atoms. The molecule has 2 aliphatic heterocycles. The van der Waals surface area contributed by atoms with Gasteiger partial charge < -0.3 is 14.2 Å². The minimum atomic E-state index is -4.66. The first-order chi connectivity index (χ1) is 10.5. The van der Waals surface area contributed by atoms with Crippen LogP contribution in [-0.2, 0) is 16.0 Å². The van der Waals surface area contributed by atoms with E-state index in [2.05, 4.69) is 9.64 Å². The molecule has 0 bridgehead atoms. The molecular weight excluding hydrogens is 299 g/mol. The van der Waals surface area contributed by atoms with Crippen molar-refractivity contribution < 1.29 is 27.4 Å². The normalized spacial score (nSPS) is 26.5. The van der Waals surface area contributed by atoms with Gasteiger partial charge in [0.25, 0.3) is 0 Å². The predicted octanol–water partition coefficient (Wildman–Crippen LogP) is 2.58. The van der Waals surface area contributed by atoms with Crippen LogP contribution in [0, 0.1) is 0 Å². The summed E-state index contributed by atoms with van der Waals surface area (Å²) in [6, 6.07) is 6.03. The fraction of sp³-hybridized carbons (Fsp3) is 0.600. The van der Waals surface area contributed by atoms with E-state index < -0.39 is 6.36 Å². The van der Waals surface area contributed by atoms with Gasteiger partial charge in [0.1, 0.15) is 5.75 Å². The van der Waals surface area contributed by atoms with Gasteiger partial charge in [-0.1, -0.05) is 12.1 Å². The molecule has 2 aliphatic rings. The third-order valence-corrected chi connectivity index (χ3v) is 4.16. The molecule has 0 N–H and O–H groups in total. The van der Waals surface area contributed by atoms with Crippen molar-refractivity contribution in [1.29, 1.82) is 0 Å². The van der Waals surface area contributed by atoms with E-state index in [-0.39, 0.29) is 11.3 Å². The third kappa shape index (κ3) is 3.53. The van der Waals surface area contributed by atoms with Crippen LogP contribution in [0.25, 0.3) is 0 Å². The maximum Gasteiger partial charge on any atom is 0.573 e. The molecule has 7 heteroatoms. The van der Waals surface area contributed by atoms with Crippen LogP contribution in [0.1, 0.15) is 12.0 Å². The van der Waals surface area contributed by atoms with Crippen LogP contribution < -0.4 is 4.74 Å². The summed E-state index contributed by atoms with van der Waals surface area (Å²) in [5.74, 6) is -0.197. The maximum atomic E-state index is 12.2. The monoisotopic (exact) mass is 317 g/mol. The fourth-order valence-corrected chi connectivity index (χ4v) is 2.99. The molecular formula is C15H18F3NO3. The summed E-state index contributed by atoms with van der Waals surface area (Å²) in [5, 5.41) is 0. The Morgan fingerprint density at radius 1 is 1.09 bits per heavy atom. The molecule has 0 radical (unpaired) electrons. The summed E-state index contributed by atoms with van der Waals surface area (Å²) in [4.78, 5) is 2.31. The van der Waals surface area contributed by atoms with Gasteiger partial charge in [0.15, 0.2) is 0 Å². The number of hydrogen-bond donors (Lipinski definition) is 0. The Labute approximate surface area is 126 Å². The zero-order chi connectivity index (χ0) is 15.6. The van der Waals surface area contributed by atoms with E-state index in [1.807, 2.05) is 0 Å². The van der Waals surface area contributed by atoms with Crippen molar-refractivity contribution >= 4 is 0 Å². The standard InChI is InChI=1S/C15H18F3NO3/c16-15(17,18)22-13-3-1-12(2-4-13)9-19-6-8-21-11-14(19)5-7-20-10-14/h1-4H,5-11H2. The van der Waals surface area contributed by atoms with Gasteiger partial charge in [0.05, 0.1) is 25.4 Å². The lowest BCUT2D eigenvalue weighted by Gasteiger charge is -2.43. The van der Waals surface area contributed by atoms with E-state index in [0.717, 1.165) is 25.1 Å². The molecule has 1 atom stereocenters. The summed E-state index contributed by atoms with van der Waals surface area (Å²) in [6.45, 7) is 4.13. The van der Waals surface area contributed by atoms with Crippen molar-refractivity contribution in [2.24, 2.45) is 0 Å². The molecule has 3 rings (SSSR count). The molecule has 4 nitrogen and oxygen atoms in total. The van der Waals surface area contributed by atoms with Crippen LogP contribution in [0.5, 0.6) is 5.75 Å². The second-order valence-electron chi connectivity index (χ2n) is 5.69.